The molecule has 3 heteroatoms. The fourth-order valence-corrected chi connectivity index (χ4v) is 3.32. The Morgan fingerprint density at radius 3 is 2.62 bits per heavy atom. The molecule has 1 aliphatic carbocycles. The van der Waals surface area contributed by atoms with Crippen LogP contribution in [0.2, 0.25) is 0 Å². The Labute approximate surface area is 128 Å². The van der Waals surface area contributed by atoms with E-state index in [4.69, 9.17) is 0 Å². The van der Waals surface area contributed by atoms with Crippen LogP contribution in [0.25, 0.3) is 0 Å². The zero-order chi connectivity index (χ0) is 15.2. The molecule has 1 fully saturated rings. The molecule has 1 aliphatic rings. The third kappa shape index (κ3) is 4.19. The fourth-order valence-electron chi connectivity index (χ4n) is 3.32. The van der Waals surface area contributed by atoms with Crippen molar-refractivity contribution in [2.75, 3.05) is 18.0 Å². The Morgan fingerprint density at radius 1 is 1.29 bits per heavy atom. The van der Waals surface area contributed by atoms with E-state index < -0.39 is 0 Å². The first-order chi connectivity index (χ1) is 10.1. The normalized spacial score (nSPS) is 15.9. The molecule has 0 heterocycles. The van der Waals surface area contributed by atoms with Crippen molar-refractivity contribution in [3.8, 4) is 0 Å². The van der Waals surface area contributed by atoms with E-state index in [1.807, 2.05) is 6.07 Å². The van der Waals surface area contributed by atoms with Crippen LogP contribution in [-0.2, 0) is 6.54 Å². The van der Waals surface area contributed by atoms with Gasteiger partial charge in [-0.25, -0.2) is 4.39 Å². The maximum atomic E-state index is 14.3. The number of hydrogen-bond donors (Lipinski definition) is 1. The lowest BCUT2D eigenvalue weighted by molar-refractivity contribution is 0.531. The van der Waals surface area contributed by atoms with E-state index in [9.17, 15) is 4.39 Å². The van der Waals surface area contributed by atoms with Gasteiger partial charge >= 0.3 is 0 Å². The molecule has 0 bridgehead atoms. The first kappa shape index (κ1) is 16.3. The van der Waals surface area contributed by atoms with Crippen LogP contribution in [0.1, 0.15) is 52.0 Å². The molecule has 2 rings (SSSR count). The van der Waals surface area contributed by atoms with Crippen molar-refractivity contribution < 1.29 is 4.39 Å². The Balaban J connectivity index is 2.18. The van der Waals surface area contributed by atoms with Crippen LogP contribution in [0.4, 0.5) is 10.1 Å². The number of anilines is 1. The number of benzene rings is 1. The molecule has 21 heavy (non-hydrogen) atoms. The van der Waals surface area contributed by atoms with E-state index in [0.29, 0.717) is 18.5 Å². The molecule has 0 spiro atoms. The standard InChI is InChI=1S/C18H29FN2/c1-4-21(15-8-5-6-9-15)18-11-7-10-17(19)16(18)13-20-12-14(2)3/h7,10-11,14-15,20H,4-6,8-9,12-13H2,1-3H3. The summed E-state index contributed by atoms with van der Waals surface area (Å²) in [6.45, 7) is 9.00. The molecule has 118 valence electrons. The van der Waals surface area contributed by atoms with Crippen molar-refractivity contribution in [1.29, 1.82) is 0 Å². The third-order valence-electron chi connectivity index (χ3n) is 4.36. The second-order valence-electron chi connectivity index (χ2n) is 6.49. The highest BCUT2D eigenvalue weighted by molar-refractivity contribution is 5.55. The summed E-state index contributed by atoms with van der Waals surface area (Å²) in [5, 5.41) is 3.39. The van der Waals surface area contributed by atoms with Gasteiger partial charge in [-0.1, -0.05) is 32.8 Å². The van der Waals surface area contributed by atoms with E-state index in [-0.39, 0.29) is 5.82 Å². The quantitative estimate of drug-likeness (QED) is 0.804. The van der Waals surface area contributed by atoms with Gasteiger partial charge in [-0.15, -0.1) is 0 Å². The number of nitrogens with zero attached hydrogens (tertiary/aromatic N) is 1. The summed E-state index contributed by atoms with van der Waals surface area (Å²) in [5.74, 6) is 0.498. The lowest BCUT2D eigenvalue weighted by atomic mass is 10.1. The summed E-state index contributed by atoms with van der Waals surface area (Å²) in [6.07, 6.45) is 5.08. The summed E-state index contributed by atoms with van der Waals surface area (Å²) < 4.78 is 14.3. The smallest absolute Gasteiger partial charge is 0.129 e. The van der Waals surface area contributed by atoms with Gasteiger partial charge in [0.1, 0.15) is 5.82 Å². The molecule has 1 aromatic carbocycles. The average Bonchev–Trinajstić information content (AvgIpc) is 2.96. The maximum absolute atomic E-state index is 14.3. The lowest BCUT2D eigenvalue weighted by Crippen LogP contribution is -2.34. The molecule has 0 aromatic heterocycles. The van der Waals surface area contributed by atoms with Gasteiger partial charge in [0.05, 0.1) is 0 Å². The van der Waals surface area contributed by atoms with Crippen molar-refractivity contribution in [1.82, 2.24) is 5.32 Å². The van der Waals surface area contributed by atoms with E-state index in [1.54, 1.807) is 6.07 Å². The van der Waals surface area contributed by atoms with Gasteiger partial charge < -0.3 is 10.2 Å². The summed E-state index contributed by atoms with van der Waals surface area (Å²) in [5.41, 5.74) is 1.91. The van der Waals surface area contributed by atoms with Crippen molar-refractivity contribution >= 4 is 5.69 Å². The molecular weight excluding hydrogens is 263 g/mol. The molecule has 1 aromatic rings. The number of nitrogens with one attached hydrogen (secondary N) is 1. The molecule has 0 unspecified atom stereocenters. The Hall–Kier alpha value is -1.09. The number of halogens is 1. The minimum absolute atomic E-state index is 0.0831. The maximum Gasteiger partial charge on any atom is 0.129 e. The molecule has 0 aliphatic heterocycles. The van der Waals surface area contributed by atoms with E-state index >= 15 is 0 Å². The van der Waals surface area contributed by atoms with Crippen molar-refractivity contribution in [3.05, 3.63) is 29.6 Å². The van der Waals surface area contributed by atoms with Gasteiger partial charge in [0.25, 0.3) is 0 Å². The van der Waals surface area contributed by atoms with Crippen LogP contribution in [0.15, 0.2) is 18.2 Å². The summed E-state index contributed by atoms with van der Waals surface area (Å²) in [4.78, 5) is 2.41. The largest absolute Gasteiger partial charge is 0.368 e. The molecular formula is C18H29FN2. The number of hydrogen-bond acceptors (Lipinski definition) is 2. The summed E-state index contributed by atoms with van der Waals surface area (Å²) in [7, 11) is 0. The van der Waals surface area contributed by atoms with Crippen molar-refractivity contribution in [3.63, 3.8) is 0 Å². The zero-order valence-electron chi connectivity index (χ0n) is 13.7. The Morgan fingerprint density at radius 2 is 2.00 bits per heavy atom. The fraction of sp³-hybridized carbons (Fsp3) is 0.667. The monoisotopic (exact) mass is 292 g/mol. The van der Waals surface area contributed by atoms with Gasteiger partial charge in [-0.2, -0.15) is 0 Å². The third-order valence-corrected chi connectivity index (χ3v) is 4.36. The molecule has 2 nitrogen and oxygen atoms in total. The van der Waals surface area contributed by atoms with Gasteiger partial charge in [0, 0.05) is 30.4 Å². The molecule has 0 radical (unpaired) electrons. The van der Waals surface area contributed by atoms with Crippen molar-refractivity contribution in [2.24, 2.45) is 5.92 Å². The van der Waals surface area contributed by atoms with Crippen LogP contribution < -0.4 is 10.2 Å². The van der Waals surface area contributed by atoms with E-state index in [1.165, 1.54) is 25.7 Å². The van der Waals surface area contributed by atoms with Crippen LogP contribution in [0.5, 0.6) is 0 Å². The van der Waals surface area contributed by atoms with Crippen LogP contribution in [0, 0.1) is 11.7 Å². The second kappa shape index (κ2) is 7.79. The molecule has 1 saturated carbocycles. The van der Waals surface area contributed by atoms with E-state index in [0.717, 1.165) is 24.3 Å². The molecule has 0 amide bonds. The van der Waals surface area contributed by atoms with Crippen LogP contribution >= 0.6 is 0 Å². The first-order valence-corrected chi connectivity index (χ1v) is 8.38. The lowest BCUT2D eigenvalue weighted by Gasteiger charge is -2.32. The van der Waals surface area contributed by atoms with Gasteiger partial charge in [0.2, 0.25) is 0 Å². The SMILES string of the molecule is CCN(c1cccc(F)c1CNCC(C)C)C1CCCC1. The highest BCUT2D eigenvalue weighted by atomic mass is 19.1. The van der Waals surface area contributed by atoms with Crippen LogP contribution in [0.3, 0.4) is 0 Å². The van der Waals surface area contributed by atoms with Crippen LogP contribution in [-0.4, -0.2) is 19.1 Å². The van der Waals surface area contributed by atoms with Crippen molar-refractivity contribution in [2.45, 2.75) is 59.0 Å². The van der Waals surface area contributed by atoms with Gasteiger partial charge in [-0.05, 0) is 44.4 Å². The summed E-state index contributed by atoms with van der Waals surface area (Å²) >= 11 is 0. The predicted octanol–water partition coefficient (Wildman–Crippen LogP) is 4.34. The average molecular weight is 292 g/mol. The highest BCUT2D eigenvalue weighted by Gasteiger charge is 2.24. The van der Waals surface area contributed by atoms with E-state index in [2.05, 4.69) is 37.1 Å². The Bertz CT molecular complexity index is 439. The van der Waals surface area contributed by atoms with Gasteiger partial charge in [0.15, 0.2) is 0 Å². The highest BCUT2D eigenvalue weighted by Crippen LogP contribution is 2.31. The molecule has 1 N–H and O–H groups in total. The number of rotatable bonds is 7. The zero-order valence-corrected chi connectivity index (χ0v) is 13.7. The van der Waals surface area contributed by atoms with Gasteiger partial charge in [-0.3, -0.25) is 0 Å². The molecule has 0 atom stereocenters. The summed E-state index contributed by atoms with van der Waals surface area (Å²) in [6, 6.07) is 6.09. The predicted molar refractivity (Wildman–Crippen MR) is 88.2 cm³/mol. The Kier molecular flexibility index (Phi) is 6.04. The first-order valence-electron chi connectivity index (χ1n) is 8.38. The topological polar surface area (TPSA) is 15.3 Å². The minimum atomic E-state index is -0.0831. The second-order valence-corrected chi connectivity index (χ2v) is 6.49. The molecule has 0 saturated heterocycles. The minimum Gasteiger partial charge on any atom is -0.368 e.